The van der Waals surface area contributed by atoms with Gasteiger partial charge in [-0.15, -0.1) is 0 Å². The number of carbonyl (C=O) groups is 2. The Morgan fingerprint density at radius 1 is 1.38 bits per heavy atom. The fourth-order valence-corrected chi connectivity index (χ4v) is 3.06. The molecule has 0 aromatic carbocycles. The van der Waals surface area contributed by atoms with E-state index in [0.717, 1.165) is 19.4 Å². The van der Waals surface area contributed by atoms with Crippen LogP contribution in [0.1, 0.15) is 32.6 Å². The van der Waals surface area contributed by atoms with Gasteiger partial charge in [-0.05, 0) is 31.2 Å². The van der Waals surface area contributed by atoms with Gasteiger partial charge in [0.1, 0.15) is 0 Å². The van der Waals surface area contributed by atoms with Crippen LogP contribution >= 0.6 is 0 Å². The molecule has 0 bridgehead atoms. The lowest BCUT2D eigenvalue weighted by molar-refractivity contribution is -0.146. The zero-order valence-electron chi connectivity index (χ0n) is 12.4. The van der Waals surface area contributed by atoms with E-state index in [9.17, 15) is 14.7 Å². The first-order valence-electron chi connectivity index (χ1n) is 7.59. The van der Waals surface area contributed by atoms with Gasteiger partial charge in [-0.2, -0.15) is 5.10 Å². The number of carboxylic acids is 1. The highest BCUT2D eigenvalue weighted by molar-refractivity contribution is 5.85. The molecule has 6 nitrogen and oxygen atoms in total. The Kier molecular flexibility index (Phi) is 5.36. The average molecular weight is 293 g/mol. The minimum absolute atomic E-state index is 0.112. The molecule has 1 fully saturated rings. The lowest BCUT2D eigenvalue weighted by Gasteiger charge is -2.15. The molecule has 21 heavy (non-hydrogen) atoms. The van der Waals surface area contributed by atoms with Gasteiger partial charge >= 0.3 is 5.97 Å². The second kappa shape index (κ2) is 7.24. The number of hydrogen-bond acceptors (Lipinski definition) is 3. The molecule has 0 saturated heterocycles. The fourth-order valence-electron chi connectivity index (χ4n) is 3.06. The predicted octanol–water partition coefficient (Wildman–Crippen LogP) is 1.53. The van der Waals surface area contributed by atoms with E-state index < -0.39 is 11.9 Å². The second-order valence-electron chi connectivity index (χ2n) is 5.71. The molecule has 1 aromatic rings. The normalized spacial score (nSPS) is 24.9. The molecule has 1 aromatic heterocycles. The van der Waals surface area contributed by atoms with E-state index in [1.807, 2.05) is 23.9 Å². The molecule has 1 heterocycles. The number of rotatable bonds is 7. The SMILES string of the molecule is CCC1C[C@H](C(=O)NCCCn2cccn2)[C@H](C(=O)O)C1. The minimum Gasteiger partial charge on any atom is -0.481 e. The molecule has 2 N–H and O–H groups in total. The van der Waals surface area contributed by atoms with E-state index in [-0.39, 0.29) is 11.8 Å². The quantitative estimate of drug-likeness (QED) is 0.747. The van der Waals surface area contributed by atoms with E-state index in [0.29, 0.717) is 25.3 Å². The molecule has 116 valence electrons. The monoisotopic (exact) mass is 293 g/mol. The first-order valence-corrected chi connectivity index (χ1v) is 7.59. The molecular weight excluding hydrogens is 270 g/mol. The summed E-state index contributed by atoms with van der Waals surface area (Å²) < 4.78 is 1.81. The zero-order chi connectivity index (χ0) is 15.2. The van der Waals surface area contributed by atoms with Crippen LogP contribution in [0.3, 0.4) is 0 Å². The number of aliphatic carboxylic acids is 1. The first kappa shape index (κ1) is 15.5. The summed E-state index contributed by atoms with van der Waals surface area (Å²) in [5, 5.41) is 16.2. The second-order valence-corrected chi connectivity index (χ2v) is 5.71. The maximum absolute atomic E-state index is 12.2. The highest BCUT2D eigenvalue weighted by Crippen LogP contribution is 2.38. The Morgan fingerprint density at radius 3 is 2.76 bits per heavy atom. The molecule has 1 saturated carbocycles. The van der Waals surface area contributed by atoms with E-state index in [1.165, 1.54) is 0 Å². The third-order valence-corrected chi connectivity index (χ3v) is 4.31. The number of aryl methyl sites for hydroxylation is 1. The van der Waals surface area contributed by atoms with Gasteiger partial charge in [0.05, 0.1) is 11.8 Å². The van der Waals surface area contributed by atoms with E-state index >= 15 is 0 Å². The Morgan fingerprint density at radius 2 is 2.14 bits per heavy atom. The molecule has 1 unspecified atom stereocenters. The third kappa shape index (κ3) is 4.06. The molecule has 2 rings (SSSR count). The molecule has 6 heteroatoms. The maximum Gasteiger partial charge on any atom is 0.307 e. The predicted molar refractivity (Wildman–Crippen MR) is 77.5 cm³/mol. The molecular formula is C15H23N3O3. The number of hydrogen-bond donors (Lipinski definition) is 2. The van der Waals surface area contributed by atoms with Crippen molar-refractivity contribution in [2.75, 3.05) is 6.54 Å². The summed E-state index contributed by atoms with van der Waals surface area (Å²) in [7, 11) is 0. The smallest absolute Gasteiger partial charge is 0.307 e. The van der Waals surface area contributed by atoms with Gasteiger partial charge in [0.25, 0.3) is 0 Å². The van der Waals surface area contributed by atoms with Crippen molar-refractivity contribution in [2.24, 2.45) is 17.8 Å². The largest absolute Gasteiger partial charge is 0.481 e. The lowest BCUT2D eigenvalue weighted by Crippen LogP contribution is -2.36. The van der Waals surface area contributed by atoms with Crippen LogP contribution in [0, 0.1) is 17.8 Å². The van der Waals surface area contributed by atoms with Gasteiger partial charge in [-0.25, -0.2) is 0 Å². The summed E-state index contributed by atoms with van der Waals surface area (Å²) in [5.74, 6) is -1.51. The average Bonchev–Trinajstić information content (AvgIpc) is 3.12. The summed E-state index contributed by atoms with van der Waals surface area (Å²) in [6, 6.07) is 1.86. The van der Waals surface area contributed by atoms with Gasteiger partial charge in [0, 0.05) is 25.5 Å². The summed E-state index contributed by atoms with van der Waals surface area (Å²) in [5.41, 5.74) is 0. The van der Waals surface area contributed by atoms with Gasteiger partial charge < -0.3 is 10.4 Å². The van der Waals surface area contributed by atoms with Gasteiger partial charge in [0.2, 0.25) is 5.91 Å². The van der Waals surface area contributed by atoms with Gasteiger partial charge in [0.15, 0.2) is 0 Å². The number of carboxylic acid groups (broad SMARTS) is 1. The van der Waals surface area contributed by atoms with E-state index in [4.69, 9.17) is 0 Å². The van der Waals surface area contributed by atoms with Gasteiger partial charge in [-0.1, -0.05) is 13.3 Å². The summed E-state index contributed by atoms with van der Waals surface area (Å²) >= 11 is 0. The van der Waals surface area contributed by atoms with E-state index in [1.54, 1.807) is 6.20 Å². The number of nitrogens with zero attached hydrogens (tertiary/aromatic N) is 2. The van der Waals surface area contributed by atoms with Crippen molar-refractivity contribution < 1.29 is 14.7 Å². The fraction of sp³-hybridized carbons (Fsp3) is 0.667. The Balaban J connectivity index is 1.77. The van der Waals surface area contributed by atoms with Crippen molar-refractivity contribution in [2.45, 2.75) is 39.2 Å². The van der Waals surface area contributed by atoms with Crippen molar-refractivity contribution >= 4 is 11.9 Å². The highest BCUT2D eigenvalue weighted by Gasteiger charge is 2.41. The number of amides is 1. The van der Waals surface area contributed by atoms with Crippen molar-refractivity contribution in [1.29, 1.82) is 0 Å². The number of nitrogens with one attached hydrogen (secondary N) is 1. The van der Waals surface area contributed by atoms with Crippen LogP contribution < -0.4 is 5.32 Å². The first-order chi connectivity index (χ1) is 10.1. The molecule has 3 atom stereocenters. The van der Waals surface area contributed by atoms with Gasteiger partial charge in [-0.3, -0.25) is 14.3 Å². The van der Waals surface area contributed by atoms with E-state index in [2.05, 4.69) is 10.4 Å². The molecule has 0 radical (unpaired) electrons. The van der Waals surface area contributed by atoms with Crippen LogP contribution in [-0.4, -0.2) is 33.3 Å². The highest BCUT2D eigenvalue weighted by atomic mass is 16.4. The summed E-state index contributed by atoms with van der Waals surface area (Å²) in [6.45, 7) is 3.35. The van der Waals surface area contributed by atoms with Crippen LogP contribution in [0.4, 0.5) is 0 Å². The third-order valence-electron chi connectivity index (χ3n) is 4.31. The molecule has 1 aliphatic rings. The minimum atomic E-state index is -0.845. The van der Waals surface area contributed by atoms with Crippen LogP contribution in [0.2, 0.25) is 0 Å². The standard InChI is InChI=1S/C15H23N3O3/c1-2-11-9-12(13(10-11)15(20)21)14(19)16-5-3-7-18-8-4-6-17-18/h4,6,8,11-13H,2-3,5,7,9-10H2,1H3,(H,16,19)(H,20,21)/t11?,12-,13+/m0/s1. The summed E-state index contributed by atoms with van der Waals surface area (Å²) in [4.78, 5) is 23.5. The van der Waals surface area contributed by atoms with Crippen molar-refractivity contribution in [3.63, 3.8) is 0 Å². The maximum atomic E-state index is 12.2. The lowest BCUT2D eigenvalue weighted by atomic mass is 9.95. The van der Waals surface area contributed by atoms with Crippen molar-refractivity contribution in [3.8, 4) is 0 Å². The Hall–Kier alpha value is -1.85. The molecule has 0 aliphatic heterocycles. The molecule has 0 spiro atoms. The van der Waals surface area contributed by atoms with Crippen LogP contribution in [0.5, 0.6) is 0 Å². The Labute approximate surface area is 124 Å². The molecule has 1 aliphatic carbocycles. The zero-order valence-corrected chi connectivity index (χ0v) is 12.4. The van der Waals surface area contributed by atoms with Crippen LogP contribution in [0.25, 0.3) is 0 Å². The van der Waals surface area contributed by atoms with Crippen molar-refractivity contribution in [1.82, 2.24) is 15.1 Å². The topological polar surface area (TPSA) is 84.2 Å². The molecule has 1 amide bonds. The summed E-state index contributed by atoms with van der Waals surface area (Å²) in [6.07, 6.45) is 6.64. The number of carbonyl (C=O) groups excluding carboxylic acids is 1. The number of aromatic nitrogens is 2. The van der Waals surface area contributed by atoms with Crippen LogP contribution in [0.15, 0.2) is 18.5 Å². The van der Waals surface area contributed by atoms with Crippen molar-refractivity contribution in [3.05, 3.63) is 18.5 Å². The Bertz CT molecular complexity index is 473. The van der Waals surface area contributed by atoms with Crippen LogP contribution in [-0.2, 0) is 16.1 Å².